The zero-order chi connectivity index (χ0) is 20.4. The van der Waals surface area contributed by atoms with Crippen LogP contribution in [0.1, 0.15) is 24.8 Å². The first-order valence-corrected chi connectivity index (χ1v) is 10.2. The average molecular weight is 413 g/mol. The number of aromatic nitrogens is 2. The summed E-state index contributed by atoms with van der Waals surface area (Å²) in [6, 6.07) is 9.14. The van der Waals surface area contributed by atoms with Gasteiger partial charge in [0.05, 0.1) is 16.6 Å². The average Bonchev–Trinajstić information content (AvgIpc) is 3.08. The number of hydrogen-bond donors (Lipinski definition) is 1. The molecule has 8 heteroatoms. The maximum atomic E-state index is 13.8. The van der Waals surface area contributed by atoms with Crippen molar-refractivity contribution in [2.75, 3.05) is 5.75 Å². The molecule has 148 valence electrons. The topological polar surface area (TPSA) is 75.2 Å². The summed E-state index contributed by atoms with van der Waals surface area (Å²) in [5, 5.41) is 1.07. The number of rotatable bonds is 7. The van der Waals surface area contributed by atoms with Crippen molar-refractivity contribution in [1.82, 2.24) is 9.97 Å². The number of aromatic amines is 1. The number of benzene rings is 2. The molecule has 0 unspecified atom stereocenters. The van der Waals surface area contributed by atoms with Gasteiger partial charge in [0.1, 0.15) is 17.4 Å². The third-order valence-corrected chi connectivity index (χ3v) is 5.59. The molecule has 0 saturated carbocycles. The number of halogens is 2. The summed E-state index contributed by atoms with van der Waals surface area (Å²) >= 11 is 1.39. The van der Waals surface area contributed by atoms with Crippen LogP contribution in [0.5, 0.6) is 0 Å². The number of fused-ring (bicyclic) bond motifs is 2. The zero-order valence-corrected chi connectivity index (χ0v) is 16.2. The van der Waals surface area contributed by atoms with Gasteiger partial charge in [-0.25, -0.2) is 13.8 Å². The van der Waals surface area contributed by atoms with Gasteiger partial charge in [-0.1, -0.05) is 23.9 Å². The fourth-order valence-electron chi connectivity index (χ4n) is 3.27. The quantitative estimate of drug-likeness (QED) is 0.355. The largest absolute Gasteiger partial charge is 0.301 e. The first kappa shape index (κ1) is 19.4. The highest BCUT2D eigenvalue weighted by atomic mass is 32.2. The fourth-order valence-corrected chi connectivity index (χ4v) is 4.08. The van der Waals surface area contributed by atoms with Gasteiger partial charge in [-0.15, -0.1) is 0 Å². The van der Waals surface area contributed by atoms with Crippen molar-refractivity contribution in [3.63, 3.8) is 0 Å². The maximum Gasteiger partial charge on any atom is 0.259 e. The van der Waals surface area contributed by atoms with Crippen LogP contribution in [0.2, 0.25) is 0 Å². The smallest absolute Gasteiger partial charge is 0.259 e. The van der Waals surface area contributed by atoms with Gasteiger partial charge in [0.2, 0.25) is 0 Å². The van der Waals surface area contributed by atoms with Gasteiger partial charge in [0.15, 0.2) is 5.16 Å². The first-order valence-electron chi connectivity index (χ1n) is 9.17. The third kappa shape index (κ3) is 4.42. The van der Waals surface area contributed by atoms with Crippen LogP contribution in [-0.2, 0) is 11.2 Å². The minimum atomic E-state index is -0.671. The lowest BCUT2D eigenvalue weighted by molar-refractivity contribution is -0.117. The van der Waals surface area contributed by atoms with E-state index in [0.717, 1.165) is 6.07 Å². The molecule has 0 atom stereocenters. The summed E-state index contributed by atoms with van der Waals surface area (Å²) in [6.07, 6.45) is 1.33. The van der Waals surface area contributed by atoms with Crippen molar-refractivity contribution in [2.24, 2.45) is 4.99 Å². The Morgan fingerprint density at radius 3 is 2.90 bits per heavy atom. The molecule has 4 rings (SSSR count). The SMILES string of the molecule is O=C(CCCSc1nc2ccccc2c(=O)[nH]1)CC1=Nc2cc(F)cc(F)c2C1. The van der Waals surface area contributed by atoms with E-state index >= 15 is 0 Å². The number of para-hydroxylation sites is 1. The molecule has 0 saturated heterocycles. The van der Waals surface area contributed by atoms with Crippen LogP contribution >= 0.6 is 11.8 Å². The molecule has 3 aromatic rings. The Morgan fingerprint density at radius 1 is 1.21 bits per heavy atom. The molecule has 5 nitrogen and oxygen atoms in total. The number of aliphatic imine (C=N–C) groups is 1. The van der Waals surface area contributed by atoms with Crippen molar-refractivity contribution >= 4 is 39.8 Å². The van der Waals surface area contributed by atoms with Crippen LogP contribution in [0.15, 0.2) is 51.3 Å². The second-order valence-corrected chi connectivity index (χ2v) is 7.88. The number of nitrogens with zero attached hydrogens (tertiary/aromatic N) is 2. The number of H-pyrrole nitrogens is 1. The van der Waals surface area contributed by atoms with E-state index in [4.69, 9.17) is 0 Å². The van der Waals surface area contributed by atoms with Gasteiger partial charge in [0, 0.05) is 42.4 Å². The van der Waals surface area contributed by atoms with Crippen LogP contribution in [0, 0.1) is 11.6 Å². The molecule has 0 radical (unpaired) electrons. The Labute approximate surface area is 169 Å². The molecule has 1 aliphatic rings. The van der Waals surface area contributed by atoms with Crippen LogP contribution in [0.3, 0.4) is 0 Å². The van der Waals surface area contributed by atoms with Gasteiger partial charge >= 0.3 is 0 Å². The second-order valence-electron chi connectivity index (χ2n) is 6.80. The molecule has 0 fully saturated rings. The summed E-state index contributed by atoms with van der Waals surface area (Å²) in [5.41, 5.74) is 1.62. The molecule has 0 amide bonds. The normalized spacial score (nSPS) is 12.8. The molecule has 1 aromatic heterocycles. The van der Waals surface area contributed by atoms with Crippen molar-refractivity contribution in [1.29, 1.82) is 0 Å². The van der Waals surface area contributed by atoms with E-state index in [1.54, 1.807) is 18.2 Å². The number of hydrogen-bond acceptors (Lipinski definition) is 5. The Bertz CT molecular complexity index is 1190. The minimum Gasteiger partial charge on any atom is -0.301 e. The second kappa shape index (κ2) is 8.24. The standard InChI is InChI=1S/C21H17F2N3O2S/c22-12-8-17(23)16-11-13(24-19(16)9-12)10-14(27)4-3-7-29-21-25-18-6-2-1-5-15(18)20(28)26-21/h1-2,5-6,8-9H,3-4,7,10-11H2,(H,25,26,28). The van der Waals surface area contributed by atoms with Gasteiger partial charge in [-0.05, 0) is 24.6 Å². The van der Waals surface area contributed by atoms with Crippen LogP contribution in [-0.4, -0.2) is 27.2 Å². The highest BCUT2D eigenvalue weighted by Gasteiger charge is 2.21. The van der Waals surface area contributed by atoms with Gasteiger partial charge in [0.25, 0.3) is 5.56 Å². The molecular formula is C21H17F2N3O2S. The molecule has 0 spiro atoms. The highest BCUT2D eigenvalue weighted by Crippen LogP contribution is 2.31. The number of Topliss-reactive ketones (excluding diaryl/α,β-unsaturated/α-hetero) is 1. The molecule has 2 aromatic carbocycles. The van der Waals surface area contributed by atoms with E-state index in [2.05, 4.69) is 15.0 Å². The number of nitrogens with one attached hydrogen (secondary N) is 1. The number of carbonyl (C=O) groups excluding carboxylic acids is 1. The predicted molar refractivity (Wildman–Crippen MR) is 109 cm³/mol. The van der Waals surface area contributed by atoms with E-state index in [1.165, 1.54) is 17.8 Å². The Hall–Kier alpha value is -2.87. The van der Waals surface area contributed by atoms with E-state index in [9.17, 15) is 18.4 Å². The van der Waals surface area contributed by atoms with Gasteiger partial charge < -0.3 is 4.98 Å². The van der Waals surface area contributed by atoms with Crippen LogP contribution in [0.4, 0.5) is 14.5 Å². The van der Waals surface area contributed by atoms with Crippen molar-refractivity contribution in [3.8, 4) is 0 Å². The molecule has 0 aliphatic carbocycles. The predicted octanol–water partition coefficient (Wildman–Crippen LogP) is 4.36. The molecule has 1 aliphatic heterocycles. The molecule has 2 heterocycles. The summed E-state index contributed by atoms with van der Waals surface area (Å²) in [4.78, 5) is 35.6. The van der Waals surface area contributed by atoms with Crippen LogP contribution < -0.4 is 5.56 Å². The van der Waals surface area contributed by atoms with E-state index < -0.39 is 11.6 Å². The molecular weight excluding hydrogens is 396 g/mol. The van der Waals surface area contributed by atoms with E-state index in [-0.39, 0.29) is 29.9 Å². The molecule has 1 N–H and O–H groups in total. The molecule has 0 bridgehead atoms. The van der Waals surface area contributed by atoms with Crippen molar-refractivity contribution in [2.45, 2.75) is 30.8 Å². The van der Waals surface area contributed by atoms with E-state index in [1.807, 2.05) is 6.07 Å². The summed E-state index contributed by atoms with van der Waals surface area (Å²) in [6.45, 7) is 0. The third-order valence-electron chi connectivity index (χ3n) is 4.63. The fraction of sp³-hybridized carbons (Fsp3) is 0.238. The van der Waals surface area contributed by atoms with Crippen molar-refractivity contribution in [3.05, 3.63) is 63.9 Å². The highest BCUT2D eigenvalue weighted by molar-refractivity contribution is 7.99. The Morgan fingerprint density at radius 2 is 2.03 bits per heavy atom. The minimum absolute atomic E-state index is 0.00185. The number of carbonyl (C=O) groups is 1. The molecule has 29 heavy (non-hydrogen) atoms. The number of thioether (sulfide) groups is 1. The lowest BCUT2D eigenvalue weighted by Crippen LogP contribution is -2.10. The first-order chi connectivity index (χ1) is 14.0. The van der Waals surface area contributed by atoms with Crippen molar-refractivity contribution < 1.29 is 13.6 Å². The lowest BCUT2D eigenvalue weighted by Gasteiger charge is -2.03. The van der Waals surface area contributed by atoms with Gasteiger partial charge in [-0.2, -0.15) is 0 Å². The summed E-state index contributed by atoms with van der Waals surface area (Å²) in [7, 11) is 0. The Balaban J connectivity index is 1.27. The summed E-state index contributed by atoms with van der Waals surface area (Å²) < 4.78 is 27.0. The lowest BCUT2D eigenvalue weighted by atomic mass is 10.0. The monoisotopic (exact) mass is 413 g/mol. The zero-order valence-electron chi connectivity index (χ0n) is 15.4. The number of ketones is 1. The Kier molecular flexibility index (Phi) is 5.53. The van der Waals surface area contributed by atoms with E-state index in [0.29, 0.717) is 45.9 Å². The maximum absolute atomic E-state index is 13.8. The van der Waals surface area contributed by atoms with Crippen LogP contribution in [0.25, 0.3) is 10.9 Å². The van der Waals surface area contributed by atoms with Gasteiger partial charge in [-0.3, -0.25) is 14.6 Å². The summed E-state index contributed by atoms with van der Waals surface area (Å²) in [5.74, 6) is -0.674.